The second-order valence-electron chi connectivity index (χ2n) is 5.31. The number of hydrogen-bond donors (Lipinski definition) is 3. The molecule has 2 aromatic rings. The van der Waals surface area contributed by atoms with Crippen LogP contribution in [0.15, 0.2) is 29.3 Å². The number of nitrogens with one attached hydrogen (secondary N) is 2. The molecule has 0 aliphatic rings. The van der Waals surface area contributed by atoms with Crippen molar-refractivity contribution in [1.82, 2.24) is 20.5 Å². The lowest BCUT2D eigenvalue weighted by molar-refractivity contribution is 0.415. The van der Waals surface area contributed by atoms with Crippen LogP contribution in [-0.4, -0.2) is 34.8 Å². The van der Waals surface area contributed by atoms with Crippen molar-refractivity contribution < 1.29 is 4.74 Å². The van der Waals surface area contributed by atoms with Crippen molar-refractivity contribution in [2.75, 3.05) is 13.7 Å². The average Bonchev–Trinajstić information content (AvgIpc) is 3.00. The summed E-state index contributed by atoms with van der Waals surface area (Å²) in [4.78, 5) is 8.64. The monoisotopic (exact) mass is 430 g/mol. The Labute approximate surface area is 153 Å². The van der Waals surface area contributed by atoms with E-state index >= 15 is 0 Å². The van der Waals surface area contributed by atoms with Crippen LogP contribution in [0.1, 0.15) is 19.7 Å². The Balaban J connectivity index is 0.00000264. The highest BCUT2D eigenvalue weighted by molar-refractivity contribution is 14.0. The number of hydrogen-bond acceptors (Lipinski definition) is 4. The number of nitrogens with two attached hydrogens (primary N) is 1. The van der Waals surface area contributed by atoms with E-state index in [4.69, 9.17) is 10.5 Å². The molecule has 23 heavy (non-hydrogen) atoms. The van der Waals surface area contributed by atoms with E-state index in [-0.39, 0.29) is 24.0 Å². The predicted molar refractivity (Wildman–Crippen MR) is 102 cm³/mol. The summed E-state index contributed by atoms with van der Waals surface area (Å²) in [5.74, 6) is 3.02. The summed E-state index contributed by atoms with van der Waals surface area (Å²) in [6, 6.07) is 7.57. The van der Waals surface area contributed by atoms with Gasteiger partial charge >= 0.3 is 0 Å². The van der Waals surface area contributed by atoms with Crippen molar-refractivity contribution in [3.8, 4) is 17.1 Å². The molecule has 1 aromatic heterocycles. The van der Waals surface area contributed by atoms with Gasteiger partial charge in [0.25, 0.3) is 0 Å². The molecule has 4 N–H and O–H groups in total. The van der Waals surface area contributed by atoms with Gasteiger partial charge in [0.05, 0.1) is 7.11 Å². The first-order valence-electron chi connectivity index (χ1n) is 7.18. The Morgan fingerprint density at radius 3 is 2.65 bits per heavy atom. The van der Waals surface area contributed by atoms with Crippen molar-refractivity contribution in [2.24, 2.45) is 16.6 Å². The topological polar surface area (TPSA) is 101 Å². The molecule has 0 fully saturated rings. The predicted octanol–water partition coefficient (Wildman–Crippen LogP) is 2.16. The number of aromatic nitrogens is 3. The maximum absolute atomic E-state index is 5.78. The minimum absolute atomic E-state index is 0. The molecule has 1 heterocycles. The highest BCUT2D eigenvalue weighted by atomic mass is 127. The maximum atomic E-state index is 5.78. The van der Waals surface area contributed by atoms with Gasteiger partial charge in [-0.3, -0.25) is 5.10 Å². The van der Waals surface area contributed by atoms with E-state index in [0.29, 0.717) is 30.1 Å². The van der Waals surface area contributed by atoms with Crippen molar-refractivity contribution in [3.63, 3.8) is 0 Å². The quantitative estimate of drug-likeness (QED) is 0.371. The zero-order valence-electron chi connectivity index (χ0n) is 13.5. The number of guanidine groups is 1. The highest BCUT2D eigenvalue weighted by Gasteiger charge is 2.06. The number of aromatic amines is 1. The molecule has 0 saturated heterocycles. The molecule has 126 valence electrons. The van der Waals surface area contributed by atoms with Gasteiger partial charge in [0.2, 0.25) is 0 Å². The molecule has 0 aliphatic carbocycles. The minimum Gasteiger partial charge on any atom is -0.497 e. The van der Waals surface area contributed by atoms with E-state index in [9.17, 15) is 0 Å². The molecule has 0 unspecified atom stereocenters. The number of H-pyrrole nitrogens is 1. The van der Waals surface area contributed by atoms with Gasteiger partial charge in [0, 0.05) is 12.1 Å². The molecule has 0 bridgehead atoms. The van der Waals surface area contributed by atoms with E-state index in [1.807, 2.05) is 24.3 Å². The van der Waals surface area contributed by atoms with Gasteiger partial charge in [-0.05, 0) is 30.2 Å². The van der Waals surface area contributed by atoms with Gasteiger partial charge in [-0.15, -0.1) is 24.0 Å². The zero-order valence-corrected chi connectivity index (χ0v) is 15.9. The van der Waals surface area contributed by atoms with Crippen LogP contribution in [0.3, 0.4) is 0 Å². The normalized spacial score (nSPS) is 11.2. The van der Waals surface area contributed by atoms with Crippen LogP contribution in [-0.2, 0) is 6.54 Å². The second kappa shape index (κ2) is 9.33. The average molecular weight is 430 g/mol. The summed E-state index contributed by atoms with van der Waals surface area (Å²) >= 11 is 0. The van der Waals surface area contributed by atoms with Crippen LogP contribution in [0.5, 0.6) is 5.75 Å². The van der Waals surface area contributed by atoms with Gasteiger partial charge in [0.1, 0.15) is 18.1 Å². The number of methoxy groups -OCH3 is 1. The fraction of sp³-hybridized carbons (Fsp3) is 0.400. The van der Waals surface area contributed by atoms with Crippen LogP contribution in [0.25, 0.3) is 11.4 Å². The number of halogens is 1. The third kappa shape index (κ3) is 6.05. The SMILES string of the molecule is COc1ccc(-c2n[nH]c(CN=C(N)NCC(C)C)n2)cc1.I. The Kier molecular flexibility index (Phi) is 7.79. The number of nitrogens with zero attached hydrogens (tertiary/aromatic N) is 3. The highest BCUT2D eigenvalue weighted by Crippen LogP contribution is 2.18. The van der Waals surface area contributed by atoms with Crippen LogP contribution in [0, 0.1) is 5.92 Å². The van der Waals surface area contributed by atoms with Crippen LogP contribution < -0.4 is 15.8 Å². The molecular formula is C15H23IN6O. The van der Waals surface area contributed by atoms with E-state index in [0.717, 1.165) is 17.9 Å². The molecule has 0 amide bonds. The van der Waals surface area contributed by atoms with Crippen LogP contribution in [0.2, 0.25) is 0 Å². The third-order valence-electron chi connectivity index (χ3n) is 2.97. The van der Waals surface area contributed by atoms with Crippen molar-refractivity contribution in [2.45, 2.75) is 20.4 Å². The van der Waals surface area contributed by atoms with Gasteiger partial charge in [0.15, 0.2) is 11.8 Å². The van der Waals surface area contributed by atoms with Crippen molar-refractivity contribution in [1.29, 1.82) is 0 Å². The summed E-state index contributed by atoms with van der Waals surface area (Å²) in [6.45, 7) is 5.37. The number of aliphatic imine (C=N–C) groups is 1. The zero-order chi connectivity index (χ0) is 15.9. The van der Waals surface area contributed by atoms with E-state index in [1.54, 1.807) is 7.11 Å². The van der Waals surface area contributed by atoms with Crippen molar-refractivity contribution >= 4 is 29.9 Å². The lowest BCUT2D eigenvalue weighted by atomic mass is 10.2. The minimum atomic E-state index is 0. The first kappa shape index (κ1) is 19.2. The lowest BCUT2D eigenvalue weighted by Crippen LogP contribution is -2.34. The molecule has 7 nitrogen and oxygen atoms in total. The maximum Gasteiger partial charge on any atom is 0.189 e. The van der Waals surface area contributed by atoms with Gasteiger partial charge in [-0.1, -0.05) is 13.8 Å². The Morgan fingerprint density at radius 2 is 2.04 bits per heavy atom. The van der Waals surface area contributed by atoms with E-state index in [1.165, 1.54) is 0 Å². The summed E-state index contributed by atoms with van der Waals surface area (Å²) in [7, 11) is 1.63. The standard InChI is InChI=1S/C15H22N6O.HI/c1-10(2)8-17-15(16)18-9-13-19-14(21-20-13)11-4-6-12(22-3)7-5-11;/h4-7,10H,8-9H2,1-3H3,(H3,16,17,18)(H,19,20,21);1H. The van der Waals surface area contributed by atoms with Gasteiger partial charge < -0.3 is 15.8 Å². The molecule has 2 rings (SSSR count). The third-order valence-corrected chi connectivity index (χ3v) is 2.97. The van der Waals surface area contributed by atoms with E-state index in [2.05, 4.69) is 39.3 Å². The van der Waals surface area contributed by atoms with Crippen LogP contribution in [0.4, 0.5) is 0 Å². The molecule has 0 aliphatic heterocycles. The fourth-order valence-corrected chi connectivity index (χ4v) is 1.76. The molecule has 0 atom stereocenters. The Bertz CT molecular complexity index is 623. The van der Waals surface area contributed by atoms with Gasteiger partial charge in [-0.2, -0.15) is 5.10 Å². The van der Waals surface area contributed by atoms with Gasteiger partial charge in [-0.25, -0.2) is 9.98 Å². The Morgan fingerprint density at radius 1 is 1.35 bits per heavy atom. The molecular weight excluding hydrogens is 407 g/mol. The van der Waals surface area contributed by atoms with Crippen LogP contribution >= 0.6 is 24.0 Å². The lowest BCUT2D eigenvalue weighted by Gasteiger charge is -2.07. The molecule has 0 spiro atoms. The molecule has 1 aromatic carbocycles. The molecule has 0 saturated carbocycles. The molecule has 0 radical (unpaired) electrons. The molecule has 8 heteroatoms. The number of rotatable bonds is 6. The van der Waals surface area contributed by atoms with E-state index < -0.39 is 0 Å². The number of benzene rings is 1. The smallest absolute Gasteiger partial charge is 0.189 e. The summed E-state index contributed by atoms with van der Waals surface area (Å²) in [5.41, 5.74) is 6.70. The summed E-state index contributed by atoms with van der Waals surface area (Å²) in [5, 5.41) is 10.1. The first-order chi connectivity index (χ1) is 10.6. The summed E-state index contributed by atoms with van der Waals surface area (Å²) < 4.78 is 5.13. The Hall–Kier alpha value is -1.84. The fourth-order valence-electron chi connectivity index (χ4n) is 1.76. The number of ether oxygens (including phenoxy) is 1. The summed E-state index contributed by atoms with van der Waals surface area (Å²) in [6.07, 6.45) is 0. The largest absolute Gasteiger partial charge is 0.497 e. The first-order valence-corrected chi connectivity index (χ1v) is 7.18. The second-order valence-corrected chi connectivity index (χ2v) is 5.31. The van der Waals surface area contributed by atoms with Crippen molar-refractivity contribution in [3.05, 3.63) is 30.1 Å².